The summed E-state index contributed by atoms with van der Waals surface area (Å²) in [5.74, 6) is -1.74. The van der Waals surface area contributed by atoms with Gasteiger partial charge in [-0.2, -0.15) is 0 Å². The number of nitrogens with two attached hydrogens (primary N) is 1. The van der Waals surface area contributed by atoms with Crippen molar-refractivity contribution in [3.8, 4) is 0 Å². The Morgan fingerprint density at radius 2 is 2.04 bits per heavy atom. The van der Waals surface area contributed by atoms with Gasteiger partial charge in [0.15, 0.2) is 0 Å². The highest BCUT2D eigenvalue weighted by atomic mass is 19.1. The Kier molecular flexibility index (Phi) is 4.42. The average Bonchev–Trinajstić information content (AvgIpc) is 2.77. The van der Waals surface area contributed by atoms with Crippen molar-refractivity contribution >= 4 is 23.0 Å². The SMILES string of the molecule is CC(C)(C)OC(=O)n1cc(C[C@H](N)C(=O)O)c2c(F)cccc21. The molecule has 7 heteroatoms. The molecule has 1 aromatic carbocycles. The Hall–Kier alpha value is -2.41. The molecule has 0 amide bonds. The summed E-state index contributed by atoms with van der Waals surface area (Å²) in [7, 11) is 0. The van der Waals surface area contributed by atoms with E-state index >= 15 is 0 Å². The summed E-state index contributed by atoms with van der Waals surface area (Å²) in [6.45, 7) is 5.16. The third-order valence-electron chi connectivity index (χ3n) is 3.20. The van der Waals surface area contributed by atoms with Crippen LogP contribution in [0.15, 0.2) is 24.4 Å². The van der Waals surface area contributed by atoms with E-state index in [1.54, 1.807) is 26.8 Å². The molecule has 1 aromatic heterocycles. The predicted octanol–water partition coefficient (Wildman–Crippen LogP) is 2.52. The highest BCUT2D eigenvalue weighted by Crippen LogP contribution is 2.26. The molecule has 2 rings (SSSR count). The minimum atomic E-state index is -1.19. The minimum absolute atomic E-state index is 0.0947. The number of carboxylic acid groups (broad SMARTS) is 1. The number of halogens is 1. The van der Waals surface area contributed by atoms with Gasteiger partial charge in [0.2, 0.25) is 0 Å². The molecule has 0 aliphatic heterocycles. The molecule has 0 spiro atoms. The van der Waals surface area contributed by atoms with Crippen molar-refractivity contribution in [1.82, 2.24) is 4.57 Å². The van der Waals surface area contributed by atoms with Crippen LogP contribution in [0.3, 0.4) is 0 Å². The lowest BCUT2D eigenvalue weighted by molar-refractivity contribution is -0.138. The number of hydrogen-bond acceptors (Lipinski definition) is 4. The predicted molar refractivity (Wildman–Crippen MR) is 82.8 cm³/mol. The van der Waals surface area contributed by atoms with Crippen LogP contribution < -0.4 is 5.73 Å². The standard InChI is InChI=1S/C16H19FN2O4/c1-16(2,3)23-15(22)19-8-9(7-11(18)14(20)21)13-10(17)5-4-6-12(13)19/h4-6,8,11H,7,18H2,1-3H3,(H,20,21)/t11-/m0/s1. The van der Waals surface area contributed by atoms with Crippen molar-refractivity contribution in [3.05, 3.63) is 35.8 Å². The fourth-order valence-electron chi connectivity index (χ4n) is 2.26. The lowest BCUT2D eigenvalue weighted by Crippen LogP contribution is -2.32. The van der Waals surface area contributed by atoms with Crippen LogP contribution >= 0.6 is 0 Å². The number of aromatic nitrogens is 1. The Labute approximate surface area is 132 Å². The number of fused-ring (bicyclic) bond motifs is 1. The first-order valence-corrected chi connectivity index (χ1v) is 7.10. The fraction of sp³-hybridized carbons (Fsp3) is 0.375. The largest absolute Gasteiger partial charge is 0.480 e. The lowest BCUT2D eigenvalue weighted by atomic mass is 10.1. The summed E-state index contributed by atoms with van der Waals surface area (Å²) < 4.78 is 20.6. The van der Waals surface area contributed by atoms with Gasteiger partial charge >= 0.3 is 12.1 Å². The van der Waals surface area contributed by atoms with Crippen molar-refractivity contribution < 1.29 is 23.8 Å². The third kappa shape index (κ3) is 3.68. The minimum Gasteiger partial charge on any atom is -0.480 e. The van der Waals surface area contributed by atoms with Crippen molar-refractivity contribution in [2.24, 2.45) is 5.73 Å². The van der Waals surface area contributed by atoms with Crippen LogP contribution in [0.2, 0.25) is 0 Å². The van der Waals surface area contributed by atoms with E-state index in [0.717, 1.165) is 0 Å². The molecule has 0 fully saturated rings. The number of hydrogen-bond donors (Lipinski definition) is 2. The zero-order chi connectivity index (χ0) is 17.4. The van der Waals surface area contributed by atoms with Crippen LogP contribution in [0.25, 0.3) is 10.9 Å². The molecule has 0 bridgehead atoms. The van der Waals surface area contributed by atoms with E-state index in [0.29, 0.717) is 11.1 Å². The molecule has 0 radical (unpaired) electrons. The van der Waals surface area contributed by atoms with E-state index in [1.807, 2.05) is 0 Å². The molecule has 6 nitrogen and oxygen atoms in total. The summed E-state index contributed by atoms with van der Waals surface area (Å²) >= 11 is 0. The molecule has 2 aromatic rings. The van der Waals surface area contributed by atoms with Crippen molar-refractivity contribution in [3.63, 3.8) is 0 Å². The second-order valence-electron chi connectivity index (χ2n) is 6.29. The number of carbonyl (C=O) groups excluding carboxylic acids is 1. The van der Waals surface area contributed by atoms with E-state index in [1.165, 1.54) is 22.9 Å². The second-order valence-corrected chi connectivity index (χ2v) is 6.29. The van der Waals surface area contributed by atoms with Crippen LogP contribution in [0.1, 0.15) is 26.3 Å². The van der Waals surface area contributed by atoms with Crippen LogP contribution in [-0.4, -0.2) is 33.4 Å². The van der Waals surface area contributed by atoms with E-state index in [2.05, 4.69) is 0 Å². The van der Waals surface area contributed by atoms with Gasteiger partial charge in [0.1, 0.15) is 17.5 Å². The van der Waals surface area contributed by atoms with Gasteiger partial charge in [-0.05, 0) is 38.5 Å². The summed E-state index contributed by atoms with van der Waals surface area (Å²) in [5.41, 5.74) is 5.48. The molecule has 23 heavy (non-hydrogen) atoms. The van der Waals surface area contributed by atoms with Crippen LogP contribution in [0.5, 0.6) is 0 Å². The Bertz CT molecular complexity index is 761. The number of benzene rings is 1. The maximum absolute atomic E-state index is 14.2. The molecule has 124 valence electrons. The quantitative estimate of drug-likeness (QED) is 0.905. The molecule has 1 heterocycles. The van der Waals surface area contributed by atoms with Crippen LogP contribution in [0.4, 0.5) is 9.18 Å². The van der Waals surface area contributed by atoms with Crippen molar-refractivity contribution in [1.29, 1.82) is 0 Å². The Morgan fingerprint density at radius 3 is 2.61 bits per heavy atom. The maximum Gasteiger partial charge on any atom is 0.419 e. The Morgan fingerprint density at radius 1 is 1.39 bits per heavy atom. The average molecular weight is 322 g/mol. The third-order valence-corrected chi connectivity index (χ3v) is 3.20. The number of carbonyl (C=O) groups is 2. The first-order valence-electron chi connectivity index (χ1n) is 7.10. The van der Waals surface area contributed by atoms with E-state index in [9.17, 15) is 14.0 Å². The first kappa shape index (κ1) is 17.0. The smallest absolute Gasteiger partial charge is 0.419 e. The molecule has 0 aliphatic carbocycles. The van der Waals surface area contributed by atoms with E-state index in [-0.39, 0.29) is 11.8 Å². The van der Waals surface area contributed by atoms with Gasteiger partial charge in [0.25, 0.3) is 0 Å². The van der Waals surface area contributed by atoms with Gasteiger partial charge < -0.3 is 15.6 Å². The zero-order valence-corrected chi connectivity index (χ0v) is 13.2. The van der Waals surface area contributed by atoms with E-state index < -0.39 is 29.5 Å². The highest BCUT2D eigenvalue weighted by Gasteiger charge is 2.23. The van der Waals surface area contributed by atoms with Gasteiger partial charge in [-0.3, -0.25) is 9.36 Å². The maximum atomic E-state index is 14.2. The number of carboxylic acids is 1. The molecule has 0 aliphatic rings. The number of aliphatic carboxylic acids is 1. The molecule has 1 atom stereocenters. The molecule has 0 saturated heterocycles. The number of nitrogens with zero attached hydrogens (tertiary/aromatic N) is 1. The molecular weight excluding hydrogens is 303 g/mol. The van der Waals surface area contributed by atoms with Crippen molar-refractivity contribution in [2.75, 3.05) is 0 Å². The second kappa shape index (κ2) is 6.00. The topological polar surface area (TPSA) is 94.5 Å². The monoisotopic (exact) mass is 322 g/mol. The lowest BCUT2D eigenvalue weighted by Gasteiger charge is -2.19. The zero-order valence-electron chi connectivity index (χ0n) is 13.2. The fourth-order valence-corrected chi connectivity index (χ4v) is 2.26. The normalized spacial score (nSPS) is 13.1. The molecule has 0 saturated carbocycles. The summed E-state index contributed by atoms with van der Waals surface area (Å²) in [6, 6.07) is 3.10. The van der Waals surface area contributed by atoms with Gasteiger partial charge in [0.05, 0.1) is 5.52 Å². The molecule has 0 unspecified atom stereocenters. The summed E-state index contributed by atoms with van der Waals surface area (Å²) in [4.78, 5) is 23.2. The van der Waals surface area contributed by atoms with Crippen molar-refractivity contribution in [2.45, 2.75) is 38.8 Å². The van der Waals surface area contributed by atoms with Crippen LogP contribution in [0, 0.1) is 5.82 Å². The summed E-state index contributed by atoms with van der Waals surface area (Å²) in [6.07, 6.45) is 0.621. The van der Waals surface area contributed by atoms with Gasteiger partial charge in [-0.15, -0.1) is 0 Å². The van der Waals surface area contributed by atoms with Crippen LogP contribution in [-0.2, 0) is 16.0 Å². The van der Waals surface area contributed by atoms with Gasteiger partial charge in [0, 0.05) is 18.0 Å². The van der Waals surface area contributed by atoms with Gasteiger partial charge in [-0.25, -0.2) is 9.18 Å². The van der Waals surface area contributed by atoms with E-state index in [4.69, 9.17) is 15.6 Å². The molecule has 3 N–H and O–H groups in total. The molecular formula is C16H19FN2O4. The Balaban J connectivity index is 2.53. The number of rotatable bonds is 3. The summed E-state index contributed by atoms with van der Waals surface area (Å²) in [5, 5.41) is 9.11. The van der Waals surface area contributed by atoms with Gasteiger partial charge in [-0.1, -0.05) is 6.07 Å². The highest BCUT2D eigenvalue weighted by molar-refractivity contribution is 5.93. The first-order chi connectivity index (χ1) is 10.6. The number of ether oxygens (including phenoxy) is 1.